The van der Waals surface area contributed by atoms with Crippen molar-refractivity contribution < 1.29 is 35.1 Å². The van der Waals surface area contributed by atoms with Gasteiger partial charge in [-0.2, -0.15) is 0 Å². The van der Waals surface area contributed by atoms with Gasteiger partial charge in [0.25, 0.3) is 0 Å². The highest BCUT2D eigenvalue weighted by Gasteiger charge is 2.49. The van der Waals surface area contributed by atoms with E-state index < -0.39 is 63.7 Å². The summed E-state index contributed by atoms with van der Waals surface area (Å²) >= 11 is 0. The molecule has 0 aliphatic heterocycles. The number of alkyl halides is 1. The third-order valence-electron chi connectivity index (χ3n) is 3.16. The summed E-state index contributed by atoms with van der Waals surface area (Å²) in [4.78, 5) is 0. The Morgan fingerprint density at radius 2 is 1.23 bits per heavy atom. The van der Waals surface area contributed by atoms with E-state index in [-0.39, 0.29) is 6.08 Å². The standard InChI is InChI=1S/C12H6F8N2/c13-2-1-12(22,11(20)9(19)10(2)21)3-4(14)6(16)8(18)7(17)5(3)15/h1,11H,21-22H2. The number of nitrogens with two attached hydrogens (primary N) is 2. The molecule has 0 fully saturated rings. The number of hydrogen-bond donors (Lipinski definition) is 2. The average molecular weight is 330 g/mol. The molecule has 0 saturated heterocycles. The van der Waals surface area contributed by atoms with E-state index in [1.807, 2.05) is 0 Å². The summed E-state index contributed by atoms with van der Waals surface area (Å²) in [5.41, 5.74) is 3.51. The van der Waals surface area contributed by atoms with E-state index in [1.165, 1.54) is 0 Å². The van der Waals surface area contributed by atoms with E-state index in [1.54, 1.807) is 0 Å². The lowest BCUT2D eigenvalue weighted by molar-refractivity contribution is 0.207. The van der Waals surface area contributed by atoms with Crippen LogP contribution in [-0.4, -0.2) is 6.17 Å². The van der Waals surface area contributed by atoms with Crippen LogP contribution in [0.3, 0.4) is 0 Å². The maximum Gasteiger partial charge on any atom is 0.200 e. The largest absolute Gasteiger partial charge is 0.394 e. The molecule has 2 rings (SSSR count). The first-order valence-electron chi connectivity index (χ1n) is 5.52. The van der Waals surface area contributed by atoms with Gasteiger partial charge >= 0.3 is 0 Å². The Morgan fingerprint density at radius 1 is 0.818 bits per heavy atom. The molecule has 0 saturated carbocycles. The van der Waals surface area contributed by atoms with Gasteiger partial charge in [-0.05, 0) is 6.08 Å². The smallest absolute Gasteiger partial charge is 0.200 e. The SMILES string of the molecule is NC1=C(F)C(F)C(N)(c2c(F)c(F)c(F)c(F)c2F)C=C1F. The predicted octanol–water partition coefficient (Wildman–Crippen LogP) is 2.88. The number of halogens is 8. The van der Waals surface area contributed by atoms with Crippen LogP contribution in [0.25, 0.3) is 0 Å². The van der Waals surface area contributed by atoms with Gasteiger partial charge < -0.3 is 11.5 Å². The third kappa shape index (κ3) is 1.97. The van der Waals surface area contributed by atoms with Gasteiger partial charge in [-0.15, -0.1) is 0 Å². The summed E-state index contributed by atoms with van der Waals surface area (Å²) in [6, 6.07) is 0. The van der Waals surface area contributed by atoms with E-state index >= 15 is 0 Å². The van der Waals surface area contributed by atoms with Crippen LogP contribution >= 0.6 is 0 Å². The zero-order valence-corrected chi connectivity index (χ0v) is 10.3. The van der Waals surface area contributed by atoms with Gasteiger partial charge in [0.15, 0.2) is 35.3 Å². The number of allylic oxidation sites excluding steroid dienone is 1. The second-order valence-corrected chi connectivity index (χ2v) is 4.49. The van der Waals surface area contributed by atoms with Gasteiger partial charge in [-0.3, -0.25) is 0 Å². The molecule has 0 radical (unpaired) electrons. The fraction of sp³-hybridized carbons (Fsp3) is 0.167. The van der Waals surface area contributed by atoms with E-state index in [0.29, 0.717) is 0 Å². The molecule has 4 N–H and O–H groups in total. The second kappa shape index (κ2) is 4.97. The second-order valence-electron chi connectivity index (χ2n) is 4.49. The van der Waals surface area contributed by atoms with Crippen LogP contribution in [0, 0.1) is 29.1 Å². The van der Waals surface area contributed by atoms with Crippen molar-refractivity contribution in [2.45, 2.75) is 11.7 Å². The van der Waals surface area contributed by atoms with Crippen LogP contribution < -0.4 is 11.5 Å². The monoisotopic (exact) mass is 330 g/mol. The summed E-state index contributed by atoms with van der Waals surface area (Å²) in [7, 11) is 0. The summed E-state index contributed by atoms with van der Waals surface area (Å²) in [6.45, 7) is 0. The lowest BCUT2D eigenvalue weighted by atomic mass is 9.81. The fourth-order valence-corrected chi connectivity index (χ4v) is 2.00. The molecule has 1 aliphatic rings. The Labute approximate surface area is 117 Å². The molecule has 1 aromatic carbocycles. The van der Waals surface area contributed by atoms with Crippen molar-refractivity contribution in [2.24, 2.45) is 11.5 Å². The van der Waals surface area contributed by atoms with Crippen LogP contribution in [0.4, 0.5) is 35.1 Å². The summed E-state index contributed by atoms with van der Waals surface area (Å²) in [5, 5.41) is 0. The summed E-state index contributed by atoms with van der Waals surface area (Å²) in [6.07, 6.45) is -3.20. The molecule has 0 heterocycles. The Morgan fingerprint density at radius 3 is 1.68 bits per heavy atom. The predicted molar refractivity (Wildman–Crippen MR) is 58.5 cm³/mol. The quantitative estimate of drug-likeness (QED) is 0.473. The molecule has 0 amide bonds. The van der Waals surface area contributed by atoms with Crippen LogP contribution in [0.1, 0.15) is 5.56 Å². The summed E-state index contributed by atoms with van der Waals surface area (Å²) in [5.74, 6) is -16.1. The van der Waals surface area contributed by atoms with Gasteiger partial charge in [-0.25, -0.2) is 35.1 Å². The number of hydrogen-bond acceptors (Lipinski definition) is 2. The van der Waals surface area contributed by atoms with Crippen molar-refractivity contribution in [1.29, 1.82) is 0 Å². The fourth-order valence-electron chi connectivity index (χ4n) is 2.00. The maximum absolute atomic E-state index is 13.9. The van der Waals surface area contributed by atoms with Gasteiger partial charge in [0.05, 0.1) is 5.56 Å². The number of benzene rings is 1. The van der Waals surface area contributed by atoms with Crippen molar-refractivity contribution in [3.05, 3.63) is 58.1 Å². The molecular formula is C12H6F8N2. The van der Waals surface area contributed by atoms with Crippen molar-refractivity contribution >= 4 is 0 Å². The first-order chi connectivity index (χ1) is 10.0. The molecule has 120 valence electrons. The van der Waals surface area contributed by atoms with E-state index in [0.717, 1.165) is 0 Å². The minimum Gasteiger partial charge on any atom is -0.394 e. The molecule has 0 spiro atoms. The lowest BCUT2D eigenvalue weighted by Gasteiger charge is -2.33. The van der Waals surface area contributed by atoms with Crippen LogP contribution in [0.2, 0.25) is 0 Å². The van der Waals surface area contributed by atoms with Crippen LogP contribution in [-0.2, 0) is 5.54 Å². The molecule has 1 aromatic rings. The molecule has 10 heteroatoms. The molecule has 0 aromatic heterocycles. The minimum absolute atomic E-state index is 0.0473. The molecule has 1 aliphatic carbocycles. The Balaban J connectivity index is 2.83. The highest BCUT2D eigenvalue weighted by molar-refractivity contribution is 5.45. The van der Waals surface area contributed by atoms with Crippen LogP contribution in [0.15, 0.2) is 23.4 Å². The highest BCUT2D eigenvalue weighted by Crippen LogP contribution is 2.41. The first-order valence-corrected chi connectivity index (χ1v) is 5.52. The number of rotatable bonds is 1. The Kier molecular flexibility index (Phi) is 3.68. The normalized spacial score (nSPS) is 25.5. The molecule has 2 nitrogen and oxygen atoms in total. The highest BCUT2D eigenvalue weighted by atomic mass is 19.2. The average Bonchev–Trinajstić information content (AvgIpc) is 2.47. The molecule has 0 bridgehead atoms. The molecule has 22 heavy (non-hydrogen) atoms. The molecular weight excluding hydrogens is 324 g/mol. The van der Waals surface area contributed by atoms with E-state index in [4.69, 9.17) is 11.5 Å². The van der Waals surface area contributed by atoms with Gasteiger partial charge in [-0.1, -0.05) is 0 Å². The van der Waals surface area contributed by atoms with Gasteiger partial charge in [0.2, 0.25) is 5.82 Å². The Hall–Kier alpha value is -2.10. The van der Waals surface area contributed by atoms with Crippen molar-refractivity contribution in [2.75, 3.05) is 0 Å². The zero-order valence-electron chi connectivity index (χ0n) is 10.3. The maximum atomic E-state index is 13.9. The lowest BCUT2D eigenvalue weighted by Crippen LogP contribution is -2.49. The summed E-state index contributed by atoms with van der Waals surface area (Å²) < 4.78 is 107. The minimum atomic E-state index is -3.30. The van der Waals surface area contributed by atoms with E-state index in [2.05, 4.69) is 0 Å². The molecule has 2 atom stereocenters. The van der Waals surface area contributed by atoms with Crippen LogP contribution in [0.5, 0.6) is 0 Å². The Bertz CT molecular complexity index is 697. The van der Waals surface area contributed by atoms with Crippen molar-refractivity contribution in [3.63, 3.8) is 0 Å². The zero-order chi connectivity index (χ0) is 17.0. The third-order valence-corrected chi connectivity index (χ3v) is 3.16. The van der Waals surface area contributed by atoms with Gasteiger partial charge in [0.1, 0.15) is 17.1 Å². The van der Waals surface area contributed by atoms with Gasteiger partial charge in [0, 0.05) is 0 Å². The first kappa shape index (κ1) is 16.3. The van der Waals surface area contributed by atoms with E-state index in [9.17, 15) is 35.1 Å². The topological polar surface area (TPSA) is 52.0 Å². The van der Waals surface area contributed by atoms with Crippen molar-refractivity contribution in [1.82, 2.24) is 0 Å². The molecule has 2 unspecified atom stereocenters. The van der Waals surface area contributed by atoms with Crippen molar-refractivity contribution in [3.8, 4) is 0 Å².